The summed E-state index contributed by atoms with van der Waals surface area (Å²) in [6.07, 6.45) is -0.796. The van der Waals surface area contributed by atoms with Crippen molar-refractivity contribution in [3.63, 3.8) is 0 Å². The van der Waals surface area contributed by atoms with Crippen molar-refractivity contribution in [2.45, 2.75) is 6.04 Å². The molecule has 0 spiro atoms. The van der Waals surface area contributed by atoms with E-state index >= 15 is 0 Å². The van der Waals surface area contributed by atoms with E-state index in [1.807, 2.05) is 0 Å². The number of ether oxygens (including phenoxy) is 1. The number of hydrogen-bond acceptors (Lipinski definition) is 6. The summed E-state index contributed by atoms with van der Waals surface area (Å²) in [7, 11) is 4.53. The van der Waals surface area contributed by atoms with Crippen molar-refractivity contribution in [2.24, 2.45) is 0 Å². The van der Waals surface area contributed by atoms with E-state index < -0.39 is 18.0 Å². The fraction of sp³-hybridized carbons (Fsp3) is 0.727. The van der Waals surface area contributed by atoms with Crippen molar-refractivity contribution in [1.82, 2.24) is 20.4 Å². The van der Waals surface area contributed by atoms with Crippen molar-refractivity contribution in [1.29, 1.82) is 0 Å². The van der Waals surface area contributed by atoms with E-state index in [1.54, 1.807) is 19.0 Å². The summed E-state index contributed by atoms with van der Waals surface area (Å²) in [4.78, 5) is 37.8. The molecular formula is C11H20N4O4. The molecule has 108 valence electrons. The molecule has 1 unspecified atom stereocenters. The third kappa shape index (κ3) is 4.49. The van der Waals surface area contributed by atoms with Crippen LogP contribution in [-0.4, -0.2) is 81.1 Å². The highest BCUT2D eigenvalue weighted by Gasteiger charge is 2.31. The van der Waals surface area contributed by atoms with Crippen LogP contribution in [0.4, 0.5) is 4.79 Å². The minimum absolute atomic E-state index is 0.0129. The number of alkyl carbamates (subject to hydrolysis) is 1. The van der Waals surface area contributed by atoms with E-state index in [2.05, 4.69) is 15.4 Å². The van der Waals surface area contributed by atoms with Crippen LogP contribution in [0.15, 0.2) is 0 Å². The van der Waals surface area contributed by atoms with Crippen molar-refractivity contribution in [2.75, 3.05) is 47.4 Å². The lowest BCUT2D eigenvalue weighted by atomic mass is 10.1. The smallest absolute Gasteiger partial charge is 0.413 e. The zero-order valence-electron chi connectivity index (χ0n) is 11.4. The normalized spacial score (nSPS) is 19.6. The standard InChI is InChI=1S/C11H20N4O4/c1-14(2)10(17)8-6-12-4-5-15(8)7-9(16)13-11(18)19-3/h8,12H,4-7H2,1-3H3,(H,13,16,18). The molecule has 0 aromatic carbocycles. The zero-order chi connectivity index (χ0) is 14.4. The van der Waals surface area contributed by atoms with E-state index in [4.69, 9.17) is 0 Å². The fourth-order valence-corrected chi connectivity index (χ4v) is 1.87. The number of piperazine rings is 1. The first-order chi connectivity index (χ1) is 8.95. The number of carbonyl (C=O) groups is 3. The Morgan fingerprint density at radius 3 is 2.68 bits per heavy atom. The van der Waals surface area contributed by atoms with Crippen LogP contribution in [0, 0.1) is 0 Å². The van der Waals surface area contributed by atoms with Gasteiger partial charge in [-0.3, -0.25) is 19.8 Å². The maximum Gasteiger partial charge on any atom is 0.413 e. The molecule has 1 rings (SSSR count). The average Bonchev–Trinajstić information content (AvgIpc) is 2.38. The zero-order valence-corrected chi connectivity index (χ0v) is 11.4. The number of hydrogen-bond donors (Lipinski definition) is 2. The van der Waals surface area contributed by atoms with Gasteiger partial charge in [0.05, 0.1) is 13.7 Å². The molecule has 0 aromatic heterocycles. The van der Waals surface area contributed by atoms with Crippen LogP contribution in [0.1, 0.15) is 0 Å². The Hall–Kier alpha value is -1.67. The van der Waals surface area contributed by atoms with Crippen molar-refractivity contribution < 1.29 is 19.1 Å². The number of likely N-dealkylation sites (N-methyl/N-ethyl adjacent to an activating group) is 1. The third-order valence-electron chi connectivity index (χ3n) is 2.85. The molecule has 8 heteroatoms. The van der Waals surface area contributed by atoms with Gasteiger partial charge in [-0.25, -0.2) is 4.79 Å². The van der Waals surface area contributed by atoms with Crippen LogP contribution in [0.3, 0.4) is 0 Å². The van der Waals surface area contributed by atoms with E-state index in [9.17, 15) is 14.4 Å². The molecule has 0 saturated carbocycles. The average molecular weight is 272 g/mol. The number of amides is 3. The minimum Gasteiger partial charge on any atom is -0.453 e. The lowest BCUT2D eigenvalue weighted by molar-refractivity contribution is -0.136. The highest BCUT2D eigenvalue weighted by atomic mass is 16.5. The predicted molar refractivity (Wildman–Crippen MR) is 67.5 cm³/mol. The molecule has 0 radical (unpaired) electrons. The first kappa shape index (κ1) is 15.4. The molecule has 1 saturated heterocycles. The number of rotatable bonds is 3. The lowest BCUT2D eigenvalue weighted by Gasteiger charge is -2.35. The minimum atomic E-state index is -0.796. The van der Waals surface area contributed by atoms with Gasteiger partial charge in [0.25, 0.3) is 0 Å². The Labute approximate surface area is 112 Å². The molecule has 0 bridgehead atoms. The van der Waals surface area contributed by atoms with E-state index in [-0.39, 0.29) is 12.5 Å². The Bertz CT molecular complexity index is 359. The topological polar surface area (TPSA) is 91.0 Å². The van der Waals surface area contributed by atoms with E-state index in [0.29, 0.717) is 19.6 Å². The van der Waals surface area contributed by atoms with Crippen molar-refractivity contribution in [3.8, 4) is 0 Å². The van der Waals surface area contributed by atoms with Crippen LogP contribution in [0.5, 0.6) is 0 Å². The molecule has 1 fully saturated rings. The molecule has 0 aliphatic carbocycles. The fourth-order valence-electron chi connectivity index (χ4n) is 1.87. The molecule has 8 nitrogen and oxygen atoms in total. The summed E-state index contributed by atoms with van der Waals surface area (Å²) in [6.45, 7) is 1.74. The van der Waals surface area contributed by atoms with Gasteiger partial charge in [-0.1, -0.05) is 0 Å². The van der Waals surface area contributed by atoms with Crippen LogP contribution < -0.4 is 10.6 Å². The number of nitrogens with zero attached hydrogens (tertiary/aromatic N) is 2. The van der Waals surface area contributed by atoms with Gasteiger partial charge in [0.1, 0.15) is 6.04 Å². The Morgan fingerprint density at radius 1 is 1.42 bits per heavy atom. The molecule has 1 aliphatic rings. The molecule has 3 amide bonds. The Morgan fingerprint density at radius 2 is 2.11 bits per heavy atom. The first-order valence-corrected chi connectivity index (χ1v) is 5.99. The van der Waals surface area contributed by atoms with Crippen LogP contribution in [0.2, 0.25) is 0 Å². The molecule has 2 N–H and O–H groups in total. The Kier molecular flexibility index (Phi) is 5.71. The van der Waals surface area contributed by atoms with Gasteiger partial charge in [-0.2, -0.15) is 0 Å². The van der Waals surface area contributed by atoms with Gasteiger partial charge in [0.2, 0.25) is 11.8 Å². The number of imide groups is 1. The molecule has 1 atom stereocenters. The summed E-state index contributed by atoms with van der Waals surface area (Å²) in [5, 5.41) is 5.19. The molecule has 1 aliphatic heterocycles. The van der Waals surface area contributed by atoms with Gasteiger partial charge >= 0.3 is 6.09 Å². The van der Waals surface area contributed by atoms with Gasteiger partial charge in [0, 0.05) is 33.7 Å². The van der Waals surface area contributed by atoms with Gasteiger partial charge in [0.15, 0.2) is 0 Å². The maximum absolute atomic E-state index is 12.0. The number of methoxy groups -OCH3 is 1. The lowest BCUT2D eigenvalue weighted by Crippen LogP contribution is -2.59. The molecule has 0 aromatic rings. The summed E-state index contributed by atoms with van der Waals surface area (Å²) in [5.74, 6) is -0.552. The predicted octanol–water partition coefficient (Wildman–Crippen LogP) is -1.77. The highest BCUT2D eigenvalue weighted by Crippen LogP contribution is 2.05. The second kappa shape index (κ2) is 7.05. The van der Waals surface area contributed by atoms with Crippen LogP contribution in [-0.2, 0) is 14.3 Å². The first-order valence-electron chi connectivity index (χ1n) is 5.99. The molecule has 1 heterocycles. The SMILES string of the molecule is COC(=O)NC(=O)CN1CCNCC1C(=O)N(C)C. The largest absolute Gasteiger partial charge is 0.453 e. The monoisotopic (exact) mass is 272 g/mol. The van der Waals surface area contributed by atoms with Gasteiger partial charge in [-0.15, -0.1) is 0 Å². The van der Waals surface area contributed by atoms with Crippen LogP contribution >= 0.6 is 0 Å². The summed E-state index contributed by atoms with van der Waals surface area (Å²) >= 11 is 0. The number of carbonyl (C=O) groups excluding carboxylic acids is 3. The Balaban J connectivity index is 2.60. The summed E-state index contributed by atoms with van der Waals surface area (Å²) in [5.41, 5.74) is 0. The highest BCUT2D eigenvalue weighted by molar-refractivity contribution is 5.93. The van der Waals surface area contributed by atoms with E-state index in [0.717, 1.165) is 0 Å². The van der Waals surface area contributed by atoms with E-state index in [1.165, 1.54) is 12.0 Å². The number of nitrogens with one attached hydrogen (secondary N) is 2. The third-order valence-corrected chi connectivity index (χ3v) is 2.85. The second-order valence-electron chi connectivity index (χ2n) is 4.46. The molecule has 19 heavy (non-hydrogen) atoms. The summed E-state index contributed by atoms with van der Waals surface area (Å²) < 4.78 is 4.35. The molecular weight excluding hydrogens is 252 g/mol. The second-order valence-corrected chi connectivity index (χ2v) is 4.46. The van der Waals surface area contributed by atoms with Gasteiger partial charge < -0.3 is 15.0 Å². The van der Waals surface area contributed by atoms with Crippen molar-refractivity contribution >= 4 is 17.9 Å². The quantitative estimate of drug-likeness (QED) is 0.632. The maximum atomic E-state index is 12.0. The summed E-state index contributed by atoms with van der Waals surface area (Å²) in [6, 6.07) is -0.396. The van der Waals surface area contributed by atoms with Crippen molar-refractivity contribution in [3.05, 3.63) is 0 Å². The van der Waals surface area contributed by atoms with Crippen LogP contribution in [0.25, 0.3) is 0 Å². The van der Waals surface area contributed by atoms with Gasteiger partial charge in [-0.05, 0) is 0 Å².